The number of halogens is 1. The van der Waals surface area contributed by atoms with Crippen LogP contribution in [0.1, 0.15) is 43.9 Å². The predicted molar refractivity (Wildman–Crippen MR) is 96.6 cm³/mol. The summed E-state index contributed by atoms with van der Waals surface area (Å²) in [5, 5.41) is 3.90. The molecule has 2 rings (SSSR count). The van der Waals surface area contributed by atoms with Gasteiger partial charge in [-0.1, -0.05) is 67.9 Å². The van der Waals surface area contributed by atoms with Gasteiger partial charge in [0, 0.05) is 11.4 Å². The molecule has 1 N–H and O–H groups in total. The molecule has 0 aliphatic carbocycles. The van der Waals surface area contributed by atoms with Gasteiger partial charge in [0.25, 0.3) is 0 Å². The van der Waals surface area contributed by atoms with E-state index < -0.39 is 0 Å². The molecule has 122 valence electrons. The highest BCUT2D eigenvalue weighted by molar-refractivity contribution is 6.30. The van der Waals surface area contributed by atoms with E-state index in [1.165, 1.54) is 5.56 Å². The number of hydrogen-bond acceptors (Lipinski definition) is 1. The van der Waals surface area contributed by atoms with Gasteiger partial charge in [0.15, 0.2) is 0 Å². The molecule has 0 radical (unpaired) electrons. The van der Waals surface area contributed by atoms with Gasteiger partial charge in [-0.05, 0) is 42.0 Å². The Morgan fingerprint density at radius 1 is 1.04 bits per heavy atom. The zero-order chi connectivity index (χ0) is 16.7. The number of aryl methyl sites for hydroxylation is 1. The number of benzene rings is 2. The maximum absolute atomic E-state index is 12.3. The van der Waals surface area contributed by atoms with Gasteiger partial charge in [-0.15, -0.1) is 0 Å². The van der Waals surface area contributed by atoms with E-state index >= 15 is 0 Å². The second kappa shape index (κ2) is 8.73. The topological polar surface area (TPSA) is 29.1 Å². The molecule has 2 aromatic carbocycles. The highest BCUT2D eigenvalue weighted by Gasteiger charge is 2.15. The minimum absolute atomic E-state index is 0.0777. The molecule has 3 heteroatoms. The minimum atomic E-state index is 0.0777. The highest BCUT2D eigenvalue weighted by Crippen LogP contribution is 2.21. The van der Waals surface area contributed by atoms with Crippen molar-refractivity contribution < 1.29 is 4.79 Å². The molecule has 0 bridgehead atoms. The Labute approximate surface area is 143 Å². The van der Waals surface area contributed by atoms with Crippen molar-refractivity contribution in [3.8, 4) is 0 Å². The van der Waals surface area contributed by atoms with E-state index in [9.17, 15) is 4.79 Å². The molecule has 0 aliphatic rings. The van der Waals surface area contributed by atoms with Gasteiger partial charge in [0.05, 0.1) is 6.04 Å². The van der Waals surface area contributed by atoms with Crippen LogP contribution in [0.2, 0.25) is 5.02 Å². The number of carbonyl (C=O) groups is 1. The maximum atomic E-state index is 12.3. The predicted octanol–water partition coefficient (Wildman–Crippen LogP) is 5.18. The van der Waals surface area contributed by atoms with E-state index in [4.69, 9.17) is 11.6 Å². The van der Waals surface area contributed by atoms with Crippen molar-refractivity contribution in [3.63, 3.8) is 0 Å². The third kappa shape index (κ3) is 6.07. The average Bonchev–Trinajstić information content (AvgIpc) is 2.54. The molecule has 0 aliphatic heterocycles. The molecule has 0 heterocycles. The van der Waals surface area contributed by atoms with Gasteiger partial charge in [-0.25, -0.2) is 0 Å². The standard InChI is InChI=1S/C20H24ClNO/c1-15(2)14-19(17-6-4-3-5-7-17)22-20(23)13-10-16-8-11-18(21)12-9-16/h3-9,11-12,15,19H,10,13-14H2,1-2H3,(H,22,23)/t19-/m1/s1. The smallest absolute Gasteiger partial charge is 0.220 e. The fraction of sp³-hybridized carbons (Fsp3) is 0.350. The van der Waals surface area contributed by atoms with Crippen LogP contribution in [0.5, 0.6) is 0 Å². The van der Waals surface area contributed by atoms with E-state index in [1.54, 1.807) is 0 Å². The normalized spacial score (nSPS) is 12.2. The number of amides is 1. The van der Waals surface area contributed by atoms with Crippen LogP contribution in [0.3, 0.4) is 0 Å². The van der Waals surface area contributed by atoms with Gasteiger partial charge in [-0.2, -0.15) is 0 Å². The summed E-state index contributed by atoms with van der Waals surface area (Å²) in [6.07, 6.45) is 2.16. The first-order valence-electron chi connectivity index (χ1n) is 8.13. The molecule has 0 aromatic heterocycles. The van der Waals surface area contributed by atoms with E-state index in [2.05, 4.69) is 31.3 Å². The molecular weight excluding hydrogens is 306 g/mol. The Bertz CT molecular complexity index is 607. The number of rotatable bonds is 7. The van der Waals surface area contributed by atoms with Crippen LogP contribution in [0, 0.1) is 5.92 Å². The summed E-state index contributed by atoms with van der Waals surface area (Å²) in [5.74, 6) is 0.617. The molecule has 0 saturated carbocycles. The van der Waals surface area contributed by atoms with Crippen molar-refractivity contribution >= 4 is 17.5 Å². The summed E-state index contributed by atoms with van der Waals surface area (Å²) in [6.45, 7) is 4.35. The lowest BCUT2D eigenvalue weighted by Gasteiger charge is -2.21. The van der Waals surface area contributed by atoms with Gasteiger partial charge in [0.2, 0.25) is 5.91 Å². The van der Waals surface area contributed by atoms with Crippen LogP contribution >= 0.6 is 11.6 Å². The second-order valence-corrected chi connectivity index (χ2v) is 6.72. The average molecular weight is 330 g/mol. The third-order valence-corrected chi connectivity index (χ3v) is 4.05. The van der Waals surface area contributed by atoms with Crippen molar-refractivity contribution in [2.45, 2.75) is 39.2 Å². The van der Waals surface area contributed by atoms with Gasteiger partial charge in [0.1, 0.15) is 0 Å². The van der Waals surface area contributed by atoms with Crippen LogP contribution in [0.15, 0.2) is 54.6 Å². The van der Waals surface area contributed by atoms with Gasteiger partial charge >= 0.3 is 0 Å². The first kappa shape index (κ1) is 17.6. The monoisotopic (exact) mass is 329 g/mol. The Balaban J connectivity index is 1.93. The fourth-order valence-corrected chi connectivity index (χ4v) is 2.74. The summed E-state index contributed by atoms with van der Waals surface area (Å²) in [7, 11) is 0. The molecular formula is C20H24ClNO. The van der Waals surface area contributed by atoms with E-state index in [-0.39, 0.29) is 11.9 Å². The summed E-state index contributed by atoms with van der Waals surface area (Å²) in [5.41, 5.74) is 2.30. The second-order valence-electron chi connectivity index (χ2n) is 6.29. The Hall–Kier alpha value is -1.80. The lowest BCUT2D eigenvalue weighted by molar-refractivity contribution is -0.121. The number of hydrogen-bond donors (Lipinski definition) is 1. The first-order valence-corrected chi connectivity index (χ1v) is 8.51. The Morgan fingerprint density at radius 2 is 1.70 bits per heavy atom. The van der Waals surface area contributed by atoms with Crippen molar-refractivity contribution in [3.05, 3.63) is 70.7 Å². The molecule has 23 heavy (non-hydrogen) atoms. The molecule has 0 saturated heterocycles. The van der Waals surface area contributed by atoms with Crippen molar-refractivity contribution in [2.24, 2.45) is 5.92 Å². The molecule has 0 unspecified atom stereocenters. The lowest BCUT2D eigenvalue weighted by atomic mass is 9.96. The molecule has 0 fully saturated rings. The molecule has 0 spiro atoms. The van der Waals surface area contributed by atoms with Crippen LogP contribution in [-0.4, -0.2) is 5.91 Å². The van der Waals surface area contributed by atoms with Crippen molar-refractivity contribution in [1.29, 1.82) is 0 Å². The molecule has 2 aromatic rings. The fourth-order valence-electron chi connectivity index (χ4n) is 2.61. The largest absolute Gasteiger partial charge is 0.349 e. The van der Waals surface area contributed by atoms with E-state index in [0.29, 0.717) is 12.3 Å². The summed E-state index contributed by atoms with van der Waals surface area (Å²) >= 11 is 5.88. The SMILES string of the molecule is CC(C)C[C@@H](NC(=O)CCc1ccc(Cl)cc1)c1ccccc1. The van der Waals surface area contributed by atoms with Crippen LogP contribution in [0.4, 0.5) is 0 Å². The Morgan fingerprint density at radius 3 is 2.30 bits per heavy atom. The quantitative estimate of drug-likeness (QED) is 0.745. The first-order chi connectivity index (χ1) is 11.0. The highest BCUT2D eigenvalue weighted by atomic mass is 35.5. The maximum Gasteiger partial charge on any atom is 0.220 e. The molecule has 1 atom stereocenters. The molecule has 1 amide bonds. The lowest BCUT2D eigenvalue weighted by Crippen LogP contribution is -2.29. The minimum Gasteiger partial charge on any atom is -0.349 e. The van der Waals surface area contributed by atoms with Gasteiger partial charge < -0.3 is 5.32 Å². The Kier molecular flexibility index (Phi) is 6.66. The summed E-state index contributed by atoms with van der Waals surface area (Å²) in [4.78, 5) is 12.3. The number of nitrogens with one attached hydrogen (secondary N) is 1. The number of carbonyl (C=O) groups excluding carboxylic acids is 1. The van der Waals surface area contributed by atoms with Crippen LogP contribution in [-0.2, 0) is 11.2 Å². The summed E-state index contributed by atoms with van der Waals surface area (Å²) < 4.78 is 0. The van der Waals surface area contributed by atoms with E-state index in [0.717, 1.165) is 23.4 Å². The van der Waals surface area contributed by atoms with Gasteiger partial charge in [-0.3, -0.25) is 4.79 Å². The van der Waals surface area contributed by atoms with Crippen LogP contribution < -0.4 is 5.32 Å². The van der Waals surface area contributed by atoms with Crippen LogP contribution in [0.25, 0.3) is 0 Å². The zero-order valence-electron chi connectivity index (χ0n) is 13.8. The summed E-state index contributed by atoms with van der Waals surface area (Å²) in [6, 6.07) is 17.9. The molecule has 2 nitrogen and oxygen atoms in total. The van der Waals surface area contributed by atoms with E-state index in [1.807, 2.05) is 42.5 Å². The third-order valence-electron chi connectivity index (χ3n) is 3.80. The van der Waals surface area contributed by atoms with Crippen molar-refractivity contribution in [2.75, 3.05) is 0 Å². The zero-order valence-corrected chi connectivity index (χ0v) is 14.5. The van der Waals surface area contributed by atoms with Crippen molar-refractivity contribution in [1.82, 2.24) is 5.32 Å².